The van der Waals surface area contributed by atoms with Crippen molar-refractivity contribution in [3.8, 4) is 0 Å². The molecule has 0 unspecified atom stereocenters. The third kappa shape index (κ3) is 95.7. The summed E-state index contributed by atoms with van der Waals surface area (Å²) in [5.41, 5.74) is 0. The van der Waals surface area contributed by atoms with Crippen LogP contribution in [0.1, 0.15) is 0 Å². The Morgan fingerprint density at radius 3 is 1.44 bits per heavy atom. The van der Waals surface area contributed by atoms with E-state index in [-0.39, 0.29) is 29.6 Å². The first kappa shape index (κ1) is 18.0. The molecule has 0 aromatic heterocycles. The normalized spacial score (nSPS) is 7.56. The summed E-state index contributed by atoms with van der Waals surface area (Å²) >= 11 is 1.72. The predicted molar refractivity (Wildman–Crippen MR) is 45.1 cm³/mol. The number of thiol groups is 1. The molecule has 3 nitrogen and oxygen atoms in total. The van der Waals surface area contributed by atoms with Crippen molar-refractivity contribution in [2.75, 3.05) is 0 Å². The molecular weight excluding hydrogens is 246 g/mol. The molecule has 0 bridgehead atoms. The second-order valence-corrected chi connectivity index (χ2v) is 6.48. The van der Waals surface area contributed by atoms with Crippen molar-refractivity contribution < 1.29 is 13.0 Å². The van der Waals surface area contributed by atoms with Crippen LogP contribution in [0.2, 0.25) is 0 Å². The van der Waals surface area contributed by atoms with E-state index < -0.39 is 40.0 Å². The van der Waals surface area contributed by atoms with Gasteiger partial charge in [-0.1, -0.05) is 0 Å². The predicted octanol–water partition coefficient (Wildman–Crippen LogP) is 0.0687. The Morgan fingerprint density at radius 1 is 1.44 bits per heavy atom. The number of hydrogen-bond acceptors (Lipinski definition) is 2. The van der Waals surface area contributed by atoms with Gasteiger partial charge in [0.15, 0.2) is 0 Å². The van der Waals surface area contributed by atoms with Gasteiger partial charge in [-0.15, -0.1) is 0 Å². The van der Waals surface area contributed by atoms with Crippen LogP contribution in [0, 0.1) is 0 Å². The Balaban J connectivity index is -0.0000000800. The van der Waals surface area contributed by atoms with E-state index >= 15 is 0 Å². The van der Waals surface area contributed by atoms with E-state index in [0.29, 0.717) is 0 Å². The third-order valence-corrected chi connectivity index (χ3v) is 0. The van der Waals surface area contributed by atoms with Crippen molar-refractivity contribution >= 4 is 94.0 Å². The van der Waals surface area contributed by atoms with Gasteiger partial charge in [0.2, 0.25) is 0 Å². The van der Waals surface area contributed by atoms with Crippen LogP contribution < -0.4 is 0 Å². The molecular formula is H3CaCl2NaO3S2. The van der Waals surface area contributed by atoms with E-state index in [1.807, 2.05) is 0 Å². The fourth-order valence-electron chi connectivity index (χ4n) is 0. The van der Waals surface area contributed by atoms with Crippen LogP contribution in [0.15, 0.2) is 0 Å². The molecule has 0 atom stereocenters. The Kier molecular flexibility index (Phi) is 22.2. The van der Waals surface area contributed by atoms with Crippen LogP contribution in [0.25, 0.3) is 0 Å². The Morgan fingerprint density at radius 2 is 1.44 bits per heavy atom. The fraction of sp³-hybridized carbons (Fsp3) is 0. The van der Waals surface area contributed by atoms with E-state index in [2.05, 4.69) is 11.7 Å². The topological polar surface area (TPSA) is 54.4 Å². The van der Waals surface area contributed by atoms with Gasteiger partial charge in [0.25, 0.3) is 0 Å². The van der Waals surface area contributed by atoms with Gasteiger partial charge in [-0.3, -0.25) is 4.55 Å². The van der Waals surface area contributed by atoms with Crippen molar-refractivity contribution in [1.82, 2.24) is 0 Å². The van der Waals surface area contributed by atoms with Crippen LogP contribution in [0.3, 0.4) is 0 Å². The van der Waals surface area contributed by atoms with Crippen molar-refractivity contribution in [1.29, 1.82) is 0 Å². The molecule has 50 valence electrons. The average molecular weight is 249 g/mol. The molecule has 0 radical (unpaired) electrons. The maximum atomic E-state index is 9.05. The summed E-state index contributed by atoms with van der Waals surface area (Å²) < 4.78 is 25.5. The Labute approximate surface area is 104 Å². The molecule has 0 saturated heterocycles. The third-order valence-electron chi connectivity index (χ3n) is 0. The Hall–Kier alpha value is 3.10. The first-order chi connectivity index (χ1) is 3.41. The summed E-state index contributed by atoms with van der Waals surface area (Å²) in [6.45, 7) is 0. The summed E-state index contributed by atoms with van der Waals surface area (Å²) in [6.07, 6.45) is 9.90. The van der Waals surface area contributed by atoms with Crippen LogP contribution >= 0.6 is 24.4 Å². The molecule has 0 aromatic carbocycles. The zero-order valence-corrected chi connectivity index (χ0v) is 9.01. The first-order valence-corrected chi connectivity index (χ1v) is 9.80. The second-order valence-electron chi connectivity index (χ2n) is 0.549. The van der Waals surface area contributed by atoms with E-state index in [1.165, 1.54) is 0 Å². The van der Waals surface area contributed by atoms with Gasteiger partial charge < -0.3 is 0 Å². The molecule has 0 amide bonds. The summed E-state index contributed by atoms with van der Waals surface area (Å²) in [5.74, 6) is 0. The van der Waals surface area contributed by atoms with Gasteiger partial charge in [-0.2, -0.15) is 8.42 Å². The summed E-state index contributed by atoms with van der Waals surface area (Å²) in [7, 11) is -3.97. The van der Waals surface area contributed by atoms with E-state index in [1.54, 1.807) is 0 Å². The summed E-state index contributed by atoms with van der Waals surface area (Å²) in [5, 5.41) is 0. The van der Waals surface area contributed by atoms with Crippen molar-refractivity contribution in [2.24, 2.45) is 0 Å². The van der Waals surface area contributed by atoms with Crippen LogP contribution in [-0.2, 0) is 9.15 Å². The van der Waals surface area contributed by atoms with Gasteiger partial charge >= 0.3 is 82.3 Å². The number of halogens is 2. The minimum atomic E-state index is -3.97. The van der Waals surface area contributed by atoms with Gasteiger partial charge in [0, 0.05) is 0 Å². The zero-order chi connectivity index (χ0) is 7.21. The molecule has 0 aromatic rings. The van der Waals surface area contributed by atoms with Crippen molar-refractivity contribution in [2.45, 2.75) is 0 Å². The quantitative estimate of drug-likeness (QED) is 0.276. The van der Waals surface area contributed by atoms with Crippen molar-refractivity contribution in [3.05, 3.63) is 0 Å². The fourth-order valence-corrected chi connectivity index (χ4v) is 0. The zero-order valence-electron chi connectivity index (χ0n) is 3.58. The maximum absolute atomic E-state index is 9.05. The van der Waals surface area contributed by atoms with Gasteiger partial charge in [-0.05, 0) is 11.7 Å². The van der Waals surface area contributed by atoms with Crippen LogP contribution in [-0.4, -0.2) is 73.4 Å². The summed E-state index contributed by atoms with van der Waals surface area (Å²) in [4.78, 5) is 0. The first-order valence-electron chi connectivity index (χ1n) is 1.23. The SMILES string of the molecule is O=S(=O)(O)S.[Cl][Ca][Cl].[NaH]. The monoisotopic (exact) mass is 248 g/mol. The molecule has 0 aliphatic carbocycles. The molecule has 0 aliphatic heterocycles. The molecule has 9 heavy (non-hydrogen) atoms. The van der Waals surface area contributed by atoms with Crippen molar-refractivity contribution in [3.63, 3.8) is 0 Å². The molecule has 0 aliphatic rings. The van der Waals surface area contributed by atoms with E-state index in [9.17, 15) is 0 Å². The molecule has 0 heterocycles. The number of hydrogen-bond donors (Lipinski definition) is 2. The van der Waals surface area contributed by atoms with E-state index in [0.717, 1.165) is 0 Å². The van der Waals surface area contributed by atoms with Gasteiger partial charge in [0.1, 0.15) is 0 Å². The molecule has 1 N–H and O–H groups in total. The molecule has 9 heteroatoms. The molecule has 0 spiro atoms. The van der Waals surface area contributed by atoms with Crippen LogP contribution in [0.5, 0.6) is 0 Å². The molecule has 0 fully saturated rings. The number of rotatable bonds is 0. The molecule has 0 saturated carbocycles. The summed E-state index contributed by atoms with van der Waals surface area (Å²) in [6, 6.07) is 0. The van der Waals surface area contributed by atoms with Gasteiger partial charge in [-0.25, -0.2) is 0 Å². The standard InChI is InChI=1S/Ca.2ClH.Na.H2O3S2.H/c;;;;1-5(2,3)4;/h;2*1H;;(H2,1,2,3,4);/q+2;;;;;/p-2. The van der Waals surface area contributed by atoms with Crippen LogP contribution in [0.4, 0.5) is 0 Å². The second kappa shape index (κ2) is 11.1. The minimum absolute atomic E-state index is 0. The van der Waals surface area contributed by atoms with E-state index in [4.69, 9.17) is 25.7 Å². The molecule has 0 rings (SSSR count). The van der Waals surface area contributed by atoms with Gasteiger partial charge in [0.05, 0.1) is 0 Å². The average Bonchev–Trinajstić information content (AvgIpc) is 1.27. The Bertz CT molecular complexity index is 114.